The van der Waals surface area contributed by atoms with Crippen molar-refractivity contribution in [2.24, 2.45) is 0 Å². The molecule has 144 valence electrons. The van der Waals surface area contributed by atoms with Crippen molar-refractivity contribution in [1.82, 2.24) is 0 Å². The van der Waals surface area contributed by atoms with Crippen molar-refractivity contribution in [2.45, 2.75) is 61.4 Å². The van der Waals surface area contributed by atoms with Crippen molar-refractivity contribution in [3.8, 4) is 0 Å². The second kappa shape index (κ2) is 7.45. The number of hydrogen-bond acceptors (Lipinski definition) is 11. The van der Waals surface area contributed by atoms with Gasteiger partial charge in [-0.1, -0.05) is 0 Å². The minimum absolute atomic E-state index is 1.70. The number of rotatable bonds is 4. The highest BCUT2D eigenvalue weighted by atomic mass is 16.7. The van der Waals surface area contributed by atoms with E-state index < -0.39 is 73.4 Å². The van der Waals surface area contributed by atoms with E-state index in [-0.39, 0.29) is 0 Å². The Morgan fingerprint density at radius 3 is 1.76 bits per heavy atom. The summed E-state index contributed by atoms with van der Waals surface area (Å²) < 4.78 is 14.4. The van der Waals surface area contributed by atoms with Gasteiger partial charge in [0, 0.05) is 0 Å². The summed E-state index contributed by atoms with van der Waals surface area (Å²) in [5.74, 6) is -3.39. The molecule has 2 aliphatic rings. The van der Waals surface area contributed by atoms with Gasteiger partial charge in [0.15, 0.2) is 24.8 Å². The molecule has 0 saturated carbocycles. The van der Waals surface area contributed by atoms with E-state index in [1.165, 1.54) is 0 Å². The molecule has 0 spiro atoms. The molecule has 2 fully saturated rings. The van der Waals surface area contributed by atoms with Crippen LogP contribution in [-0.4, -0.2) is 114 Å². The quantitative estimate of drug-likeness (QED) is 0.232. The van der Waals surface area contributed by atoms with Gasteiger partial charge in [0.25, 0.3) is 0 Å². The minimum Gasteiger partial charge on any atom is -0.479 e. The molecule has 0 aromatic heterocycles. The van der Waals surface area contributed by atoms with E-state index in [1.807, 2.05) is 0 Å². The van der Waals surface area contributed by atoms with Gasteiger partial charge in [0.05, 0.1) is 0 Å². The lowest BCUT2D eigenvalue weighted by Gasteiger charge is -2.44. The SMILES string of the molecule is O=C(O)[C@H]1O[C@@H](O[C@H]2[C@H](O)[C@H](O)[C@H](O)O[C@H]2C(=O)O)[C@@H](O)[C@@H](O)[C@@H]1O. The van der Waals surface area contributed by atoms with Crippen molar-refractivity contribution in [3.05, 3.63) is 0 Å². The number of carboxylic acid groups (broad SMARTS) is 2. The Kier molecular flexibility index (Phi) is 5.93. The predicted molar refractivity (Wildman–Crippen MR) is 69.7 cm³/mol. The summed E-state index contributed by atoms with van der Waals surface area (Å²) in [5, 5.41) is 75.9. The summed E-state index contributed by atoms with van der Waals surface area (Å²) in [6, 6.07) is 0. The lowest BCUT2D eigenvalue weighted by Crippen LogP contribution is -2.65. The van der Waals surface area contributed by atoms with Crippen LogP contribution in [0.15, 0.2) is 0 Å². The largest absolute Gasteiger partial charge is 0.479 e. The zero-order valence-electron chi connectivity index (χ0n) is 12.4. The minimum atomic E-state index is -2.03. The van der Waals surface area contributed by atoms with Crippen molar-refractivity contribution in [1.29, 1.82) is 0 Å². The van der Waals surface area contributed by atoms with E-state index in [1.54, 1.807) is 0 Å². The highest BCUT2D eigenvalue weighted by Crippen LogP contribution is 2.28. The number of aliphatic hydroxyl groups is 6. The molecule has 13 heteroatoms. The van der Waals surface area contributed by atoms with E-state index >= 15 is 0 Å². The van der Waals surface area contributed by atoms with E-state index in [0.717, 1.165) is 0 Å². The lowest BCUT2D eigenvalue weighted by atomic mass is 9.96. The molecular weight excluding hydrogens is 352 g/mol. The van der Waals surface area contributed by atoms with E-state index in [4.69, 9.17) is 19.7 Å². The van der Waals surface area contributed by atoms with Crippen LogP contribution < -0.4 is 0 Å². The summed E-state index contributed by atoms with van der Waals surface area (Å²) in [5.41, 5.74) is 0. The summed E-state index contributed by atoms with van der Waals surface area (Å²) >= 11 is 0. The number of aliphatic hydroxyl groups excluding tert-OH is 6. The molecular formula is C12H18O13. The smallest absolute Gasteiger partial charge is 0.335 e. The first-order chi connectivity index (χ1) is 11.6. The topological polar surface area (TPSA) is 224 Å². The molecule has 2 rings (SSSR count). The summed E-state index contributed by atoms with van der Waals surface area (Å²) in [6.45, 7) is 0. The van der Waals surface area contributed by atoms with Crippen LogP contribution in [0.1, 0.15) is 0 Å². The number of hydrogen-bond donors (Lipinski definition) is 8. The van der Waals surface area contributed by atoms with Gasteiger partial charge in [-0.2, -0.15) is 0 Å². The maximum Gasteiger partial charge on any atom is 0.335 e. The molecule has 10 atom stereocenters. The van der Waals surface area contributed by atoms with Crippen molar-refractivity contribution >= 4 is 11.9 Å². The molecule has 2 aliphatic heterocycles. The normalized spacial score (nSPS) is 48.1. The summed E-state index contributed by atoms with van der Waals surface area (Å²) in [7, 11) is 0. The Labute approximate surface area is 139 Å². The predicted octanol–water partition coefficient (Wildman–Crippen LogP) is -5.21. The summed E-state index contributed by atoms with van der Waals surface area (Å²) in [6.07, 6.45) is -19.9. The second-order valence-corrected chi connectivity index (χ2v) is 5.60. The Hall–Kier alpha value is -1.42. The van der Waals surface area contributed by atoms with Gasteiger partial charge in [-0.25, -0.2) is 9.59 Å². The average Bonchev–Trinajstić information content (AvgIpc) is 2.54. The van der Waals surface area contributed by atoms with Gasteiger partial charge in [-0.15, -0.1) is 0 Å². The molecule has 0 aromatic carbocycles. The zero-order valence-corrected chi connectivity index (χ0v) is 12.4. The molecule has 8 N–H and O–H groups in total. The number of aliphatic carboxylic acids is 2. The standard InChI is InChI=1S/C12H18O13/c13-1-2(14)7(9(18)19)25-12(5(1)17)24-6-3(15)4(16)11(22)23-8(6)10(20)21/h1-8,11-17,22H,(H,18,19)(H,20,21)/t1-,2-,3+,4-,5-,6-,7-,8+,11+,12+/m0/s1. The number of carboxylic acids is 2. The third kappa shape index (κ3) is 3.74. The zero-order chi connectivity index (χ0) is 19.0. The molecule has 0 bridgehead atoms. The van der Waals surface area contributed by atoms with E-state index in [9.17, 15) is 40.2 Å². The summed E-state index contributed by atoms with van der Waals surface area (Å²) in [4.78, 5) is 22.2. The Bertz CT molecular complexity index is 511. The van der Waals surface area contributed by atoms with Crippen LogP contribution in [0.4, 0.5) is 0 Å². The Morgan fingerprint density at radius 2 is 1.24 bits per heavy atom. The molecule has 0 aliphatic carbocycles. The monoisotopic (exact) mass is 370 g/mol. The molecule has 0 unspecified atom stereocenters. The van der Waals surface area contributed by atoms with E-state index in [0.29, 0.717) is 0 Å². The third-order valence-electron chi connectivity index (χ3n) is 3.91. The van der Waals surface area contributed by atoms with Gasteiger partial charge < -0.3 is 55.1 Å². The van der Waals surface area contributed by atoms with Crippen LogP contribution in [0.25, 0.3) is 0 Å². The van der Waals surface area contributed by atoms with Crippen LogP contribution in [-0.2, 0) is 23.8 Å². The van der Waals surface area contributed by atoms with Crippen LogP contribution in [0, 0.1) is 0 Å². The first-order valence-electron chi connectivity index (χ1n) is 7.06. The molecule has 0 radical (unpaired) electrons. The molecule has 2 heterocycles. The molecule has 0 aromatic rings. The van der Waals surface area contributed by atoms with Gasteiger partial charge in [0.1, 0.15) is 36.6 Å². The molecule has 13 nitrogen and oxygen atoms in total. The van der Waals surface area contributed by atoms with Crippen LogP contribution in [0.5, 0.6) is 0 Å². The Balaban J connectivity index is 2.22. The van der Waals surface area contributed by atoms with Gasteiger partial charge in [-0.05, 0) is 0 Å². The van der Waals surface area contributed by atoms with Crippen molar-refractivity contribution < 1.29 is 64.7 Å². The van der Waals surface area contributed by atoms with Gasteiger partial charge >= 0.3 is 11.9 Å². The van der Waals surface area contributed by atoms with Crippen LogP contribution >= 0.6 is 0 Å². The molecule has 2 saturated heterocycles. The number of ether oxygens (including phenoxy) is 3. The van der Waals surface area contributed by atoms with Crippen molar-refractivity contribution in [3.63, 3.8) is 0 Å². The average molecular weight is 370 g/mol. The van der Waals surface area contributed by atoms with E-state index in [2.05, 4.69) is 4.74 Å². The van der Waals surface area contributed by atoms with Gasteiger partial charge in [-0.3, -0.25) is 0 Å². The highest BCUT2D eigenvalue weighted by molar-refractivity contribution is 5.74. The lowest BCUT2D eigenvalue weighted by molar-refractivity contribution is -0.346. The maximum atomic E-state index is 11.2. The second-order valence-electron chi connectivity index (χ2n) is 5.60. The van der Waals surface area contributed by atoms with Crippen LogP contribution in [0.3, 0.4) is 0 Å². The maximum absolute atomic E-state index is 11.2. The first kappa shape index (κ1) is 19.9. The fraction of sp³-hybridized carbons (Fsp3) is 0.833. The number of carbonyl (C=O) groups is 2. The highest BCUT2D eigenvalue weighted by Gasteiger charge is 2.53. The van der Waals surface area contributed by atoms with Crippen molar-refractivity contribution in [2.75, 3.05) is 0 Å². The third-order valence-corrected chi connectivity index (χ3v) is 3.91. The van der Waals surface area contributed by atoms with Gasteiger partial charge in [0.2, 0.25) is 0 Å². The fourth-order valence-corrected chi connectivity index (χ4v) is 2.52. The fourth-order valence-electron chi connectivity index (χ4n) is 2.52. The van der Waals surface area contributed by atoms with Crippen LogP contribution in [0.2, 0.25) is 0 Å². The first-order valence-corrected chi connectivity index (χ1v) is 7.06. The Morgan fingerprint density at radius 1 is 0.680 bits per heavy atom. The molecule has 25 heavy (non-hydrogen) atoms. The molecule has 0 amide bonds.